The zero-order chi connectivity index (χ0) is 15.5. The van der Waals surface area contributed by atoms with Gasteiger partial charge in [0.05, 0.1) is 6.10 Å². The van der Waals surface area contributed by atoms with Crippen molar-refractivity contribution >= 4 is 0 Å². The van der Waals surface area contributed by atoms with Crippen molar-refractivity contribution in [2.24, 2.45) is 0 Å². The number of halogens is 6. The quantitative estimate of drug-likeness (QED) is 0.755. The zero-order valence-electron chi connectivity index (χ0n) is 11.2. The molecule has 0 aliphatic carbocycles. The highest BCUT2D eigenvalue weighted by Gasteiger charge is 2.58. The molecule has 8 heteroatoms. The lowest BCUT2D eigenvalue weighted by molar-refractivity contribution is -0.329. The van der Waals surface area contributed by atoms with Crippen LogP contribution in [0.2, 0.25) is 0 Å². The maximum absolute atomic E-state index is 12.3. The van der Waals surface area contributed by atoms with E-state index in [2.05, 4.69) is 10.1 Å². The van der Waals surface area contributed by atoms with Crippen molar-refractivity contribution in [3.8, 4) is 0 Å². The average Bonchev–Trinajstić information content (AvgIpc) is 2.20. The smallest absolute Gasteiger partial charge is 0.357 e. The van der Waals surface area contributed by atoms with Crippen molar-refractivity contribution in [3.05, 3.63) is 0 Å². The standard InChI is InChI=1S/C11H19F6NO/c1-5-9(3,4)18-6-7(2)19-8(10(12,13)14)11(15,16)17/h7-8,18H,5-6H2,1-4H3. The Kier molecular flexibility index (Phi) is 6.13. The van der Waals surface area contributed by atoms with Crippen molar-refractivity contribution in [1.29, 1.82) is 0 Å². The lowest BCUT2D eigenvalue weighted by atomic mass is 10.0. The van der Waals surface area contributed by atoms with Crippen LogP contribution in [0, 0.1) is 0 Å². The van der Waals surface area contributed by atoms with Gasteiger partial charge in [-0.05, 0) is 27.2 Å². The summed E-state index contributed by atoms with van der Waals surface area (Å²) in [5.41, 5.74) is -0.371. The molecule has 0 heterocycles. The summed E-state index contributed by atoms with van der Waals surface area (Å²) in [5.74, 6) is 0. The minimum atomic E-state index is -5.47. The number of rotatable bonds is 6. The molecule has 0 aliphatic rings. The Bertz CT molecular complexity index is 259. The molecular formula is C11H19F6NO. The van der Waals surface area contributed by atoms with Crippen LogP contribution < -0.4 is 5.32 Å². The highest BCUT2D eigenvalue weighted by atomic mass is 19.4. The molecule has 19 heavy (non-hydrogen) atoms. The molecule has 1 N–H and O–H groups in total. The molecule has 0 amide bonds. The number of hydrogen-bond acceptors (Lipinski definition) is 2. The molecule has 2 nitrogen and oxygen atoms in total. The zero-order valence-corrected chi connectivity index (χ0v) is 11.2. The Morgan fingerprint density at radius 2 is 1.42 bits per heavy atom. The third kappa shape index (κ3) is 7.00. The maximum Gasteiger partial charge on any atom is 0.423 e. The topological polar surface area (TPSA) is 21.3 Å². The molecular weight excluding hydrogens is 276 g/mol. The number of hydrogen-bond donors (Lipinski definition) is 1. The van der Waals surface area contributed by atoms with E-state index >= 15 is 0 Å². The first-order valence-corrected chi connectivity index (χ1v) is 5.83. The van der Waals surface area contributed by atoms with E-state index in [1.807, 2.05) is 6.92 Å². The van der Waals surface area contributed by atoms with Gasteiger partial charge in [0.25, 0.3) is 0 Å². The van der Waals surface area contributed by atoms with Crippen LogP contribution in [0.5, 0.6) is 0 Å². The van der Waals surface area contributed by atoms with Crippen LogP contribution in [-0.2, 0) is 4.74 Å². The van der Waals surface area contributed by atoms with E-state index in [-0.39, 0.29) is 12.1 Å². The Morgan fingerprint density at radius 1 is 1.00 bits per heavy atom. The number of nitrogens with one attached hydrogen (secondary N) is 1. The summed E-state index contributed by atoms with van der Waals surface area (Å²) in [6, 6.07) is 0. The molecule has 0 aromatic rings. The van der Waals surface area contributed by atoms with E-state index in [1.54, 1.807) is 13.8 Å². The van der Waals surface area contributed by atoms with Gasteiger partial charge in [0.2, 0.25) is 6.10 Å². The van der Waals surface area contributed by atoms with Crippen LogP contribution in [0.15, 0.2) is 0 Å². The Labute approximate surface area is 108 Å². The van der Waals surface area contributed by atoms with Gasteiger partial charge in [0, 0.05) is 12.1 Å². The second kappa shape index (κ2) is 6.30. The van der Waals surface area contributed by atoms with Gasteiger partial charge in [0.1, 0.15) is 0 Å². The van der Waals surface area contributed by atoms with E-state index in [0.717, 1.165) is 0 Å². The second-order valence-corrected chi connectivity index (χ2v) is 5.03. The van der Waals surface area contributed by atoms with Crippen LogP contribution in [0.1, 0.15) is 34.1 Å². The fourth-order valence-corrected chi connectivity index (χ4v) is 1.17. The van der Waals surface area contributed by atoms with E-state index in [1.165, 1.54) is 6.92 Å². The van der Waals surface area contributed by atoms with Gasteiger partial charge in [-0.15, -0.1) is 0 Å². The molecule has 1 unspecified atom stereocenters. The van der Waals surface area contributed by atoms with Crippen LogP contribution in [0.4, 0.5) is 26.3 Å². The normalized spacial score (nSPS) is 15.9. The fourth-order valence-electron chi connectivity index (χ4n) is 1.17. The molecule has 0 saturated heterocycles. The van der Waals surface area contributed by atoms with Gasteiger partial charge in [-0.1, -0.05) is 6.92 Å². The summed E-state index contributed by atoms with van der Waals surface area (Å²) in [6.07, 6.45) is -15.2. The number of alkyl halides is 6. The van der Waals surface area contributed by atoms with Gasteiger partial charge in [-0.3, -0.25) is 0 Å². The summed E-state index contributed by atoms with van der Waals surface area (Å²) < 4.78 is 77.6. The SMILES string of the molecule is CCC(C)(C)NCC(C)OC(C(F)(F)F)C(F)(F)F. The van der Waals surface area contributed by atoms with Gasteiger partial charge >= 0.3 is 12.4 Å². The summed E-state index contributed by atoms with van der Waals surface area (Å²) in [5, 5.41) is 2.86. The highest BCUT2D eigenvalue weighted by molar-refractivity contribution is 4.80. The van der Waals surface area contributed by atoms with E-state index in [0.29, 0.717) is 6.42 Å². The molecule has 0 bridgehead atoms. The lowest BCUT2D eigenvalue weighted by Crippen LogP contribution is -2.49. The van der Waals surface area contributed by atoms with E-state index in [9.17, 15) is 26.3 Å². The molecule has 0 saturated carbocycles. The Morgan fingerprint density at radius 3 is 1.74 bits per heavy atom. The highest BCUT2D eigenvalue weighted by Crippen LogP contribution is 2.36. The first-order valence-electron chi connectivity index (χ1n) is 5.83. The van der Waals surface area contributed by atoms with Crippen LogP contribution in [0.25, 0.3) is 0 Å². The van der Waals surface area contributed by atoms with Crippen molar-refractivity contribution in [3.63, 3.8) is 0 Å². The second-order valence-electron chi connectivity index (χ2n) is 5.03. The maximum atomic E-state index is 12.3. The largest absolute Gasteiger partial charge is 0.423 e. The monoisotopic (exact) mass is 295 g/mol. The summed E-state index contributed by atoms with van der Waals surface area (Å²) in [7, 11) is 0. The third-order valence-corrected chi connectivity index (χ3v) is 2.71. The minimum absolute atomic E-state index is 0.0938. The molecule has 0 aromatic heterocycles. The molecule has 0 fully saturated rings. The van der Waals surface area contributed by atoms with Crippen molar-refractivity contribution in [1.82, 2.24) is 5.32 Å². The van der Waals surface area contributed by atoms with Crippen molar-refractivity contribution in [2.45, 2.75) is 64.2 Å². The first kappa shape index (κ1) is 18.5. The predicted molar refractivity (Wildman–Crippen MR) is 58.8 cm³/mol. The molecule has 0 aliphatic heterocycles. The van der Waals surface area contributed by atoms with Gasteiger partial charge in [0.15, 0.2) is 0 Å². The van der Waals surface area contributed by atoms with Crippen LogP contribution in [-0.4, -0.2) is 36.6 Å². The fraction of sp³-hybridized carbons (Fsp3) is 1.00. The third-order valence-electron chi connectivity index (χ3n) is 2.71. The molecule has 0 spiro atoms. The first-order chi connectivity index (χ1) is 8.29. The summed E-state index contributed by atoms with van der Waals surface area (Å²) >= 11 is 0. The van der Waals surface area contributed by atoms with Crippen molar-refractivity contribution < 1.29 is 31.1 Å². The Hall–Kier alpha value is -0.500. The van der Waals surface area contributed by atoms with Crippen molar-refractivity contribution in [2.75, 3.05) is 6.54 Å². The molecule has 0 rings (SSSR count). The van der Waals surface area contributed by atoms with Crippen LogP contribution >= 0.6 is 0 Å². The lowest BCUT2D eigenvalue weighted by Gasteiger charge is -2.30. The molecule has 1 atom stereocenters. The van der Waals surface area contributed by atoms with Crippen LogP contribution in [0.3, 0.4) is 0 Å². The van der Waals surface area contributed by atoms with Gasteiger partial charge in [-0.25, -0.2) is 0 Å². The molecule has 0 aromatic carbocycles. The van der Waals surface area contributed by atoms with Gasteiger partial charge in [-0.2, -0.15) is 26.3 Å². The van der Waals surface area contributed by atoms with E-state index in [4.69, 9.17) is 0 Å². The summed E-state index contributed by atoms with van der Waals surface area (Å²) in [4.78, 5) is 0. The predicted octanol–water partition coefficient (Wildman–Crippen LogP) is 3.66. The average molecular weight is 295 g/mol. The van der Waals surface area contributed by atoms with Gasteiger partial charge < -0.3 is 10.1 Å². The molecule has 0 radical (unpaired) electrons. The summed E-state index contributed by atoms with van der Waals surface area (Å²) in [6.45, 7) is 6.52. The molecule has 116 valence electrons. The van der Waals surface area contributed by atoms with E-state index < -0.39 is 24.6 Å². The Balaban J connectivity index is 4.54. The minimum Gasteiger partial charge on any atom is -0.357 e. The number of ether oxygens (including phenoxy) is 1.